The Balaban J connectivity index is 2.09. The lowest BCUT2D eigenvalue weighted by atomic mass is 9.99. The number of carbonyl (C=O) groups is 1. The van der Waals surface area contributed by atoms with E-state index in [0.29, 0.717) is 30.4 Å². The molecule has 1 aromatic heterocycles. The normalized spacial score (nSPS) is 20.1. The van der Waals surface area contributed by atoms with Crippen LogP contribution in [0.4, 0.5) is 0 Å². The van der Waals surface area contributed by atoms with Gasteiger partial charge in [-0.3, -0.25) is 9.59 Å². The number of hydrogen-bond donors (Lipinski definition) is 1. The zero-order valence-corrected chi connectivity index (χ0v) is 15.8. The molecule has 1 fully saturated rings. The summed E-state index contributed by atoms with van der Waals surface area (Å²) in [4.78, 5) is 31.4. The fourth-order valence-electron chi connectivity index (χ4n) is 3.85. The number of nitrogens with one attached hydrogen (secondary N) is 1. The highest BCUT2D eigenvalue weighted by molar-refractivity contribution is 5.77. The van der Waals surface area contributed by atoms with Crippen LogP contribution in [0.2, 0.25) is 0 Å². The first kappa shape index (κ1) is 19.2. The number of pyridine rings is 1. The number of aryl methyl sites for hydroxylation is 1. The standard InChI is InChI=1S/C19H28N4O2/c1-6-14-10-23(11-17(14)22(4)5)18(24)8-7-15-12(2)16(9-20)19(25)21-13(15)3/h14,17H,6-8,10-11H2,1-5H3,(H,21,25)/t14-,17-/m1/s1. The lowest BCUT2D eigenvalue weighted by Crippen LogP contribution is -2.36. The Morgan fingerprint density at radius 1 is 1.36 bits per heavy atom. The first-order valence-corrected chi connectivity index (χ1v) is 8.86. The monoisotopic (exact) mass is 344 g/mol. The molecule has 1 aliphatic heterocycles. The number of carbonyl (C=O) groups excluding carboxylic acids is 1. The third kappa shape index (κ3) is 3.93. The largest absolute Gasteiger partial charge is 0.341 e. The van der Waals surface area contributed by atoms with E-state index in [0.717, 1.165) is 30.8 Å². The molecule has 1 aliphatic rings. The number of rotatable bonds is 5. The van der Waals surface area contributed by atoms with Crippen molar-refractivity contribution in [2.45, 2.75) is 46.1 Å². The molecule has 0 radical (unpaired) electrons. The van der Waals surface area contributed by atoms with E-state index in [1.54, 1.807) is 6.92 Å². The minimum absolute atomic E-state index is 0.145. The molecule has 0 aromatic carbocycles. The van der Waals surface area contributed by atoms with E-state index < -0.39 is 0 Å². The summed E-state index contributed by atoms with van der Waals surface area (Å²) >= 11 is 0. The number of likely N-dealkylation sites (tertiary alicyclic amines) is 1. The van der Waals surface area contributed by atoms with Crippen molar-refractivity contribution in [3.8, 4) is 6.07 Å². The fraction of sp³-hybridized carbons (Fsp3) is 0.632. The summed E-state index contributed by atoms with van der Waals surface area (Å²) in [6.07, 6.45) is 2.01. The number of nitriles is 1. The van der Waals surface area contributed by atoms with Crippen molar-refractivity contribution in [2.24, 2.45) is 5.92 Å². The molecule has 0 unspecified atom stereocenters. The highest BCUT2D eigenvalue weighted by Gasteiger charge is 2.35. The Morgan fingerprint density at radius 2 is 2.04 bits per heavy atom. The number of H-pyrrole nitrogens is 1. The first-order chi connectivity index (χ1) is 11.8. The van der Waals surface area contributed by atoms with Crippen molar-refractivity contribution in [3.63, 3.8) is 0 Å². The molecule has 2 atom stereocenters. The van der Waals surface area contributed by atoms with Crippen molar-refractivity contribution in [1.82, 2.24) is 14.8 Å². The van der Waals surface area contributed by atoms with Gasteiger partial charge in [0.1, 0.15) is 11.6 Å². The first-order valence-electron chi connectivity index (χ1n) is 8.86. The average Bonchev–Trinajstić information content (AvgIpc) is 2.99. The zero-order valence-electron chi connectivity index (χ0n) is 15.8. The minimum Gasteiger partial charge on any atom is -0.341 e. The Kier molecular flexibility index (Phi) is 6.02. The molecule has 2 rings (SSSR count). The molecule has 0 bridgehead atoms. The van der Waals surface area contributed by atoms with Crippen molar-refractivity contribution in [1.29, 1.82) is 5.26 Å². The van der Waals surface area contributed by atoms with Crippen LogP contribution in [-0.4, -0.2) is 53.9 Å². The van der Waals surface area contributed by atoms with Gasteiger partial charge in [-0.15, -0.1) is 0 Å². The molecule has 6 heteroatoms. The molecular formula is C19H28N4O2. The molecule has 1 saturated heterocycles. The predicted molar refractivity (Wildman–Crippen MR) is 97.4 cm³/mol. The third-order valence-electron chi connectivity index (χ3n) is 5.46. The van der Waals surface area contributed by atoms with E-state index in [9.17, 15) is 9.59 Å². The van der Waals surface area contributed by atoms with E-state index in [2.05, 4.69) is 30.9 Å². The summed E-state index contributed by atoms with van der Waals surface area (Å²) in [6.45, 7) is 7.36. The van der Waals surface area contributed by atoms with Crippen molar-refractivity contribution in [3.05, 3.63) is 32.7 Å². The number of aromatic amines is 1. The summed E-state index contributed by atoms with van der Waals surface area (Å²) in [5, 5.41) is 9.15. The van der Waals surface area contributed by atoms with E-state index in [1.165, 1.54) is 0 Å². The second-order valence-electron chi connectivity index (χ2n) is 7.17. The van der Waals surface area contributed by atoms with Gasteiger partial charge in [0, 0.05) is 31.2 Å². The predicted octanol–water partition coefficient (Wildman–Crippen LogP) is 1.59. The van der Waals surface area contributed by atoms with Gasteiger partial charge in [0.05, 0.1) is 0 Å². The van der Waals surface area contributed by atoms with Gasteiger partial charge in [-0.05, 0) is 51.4 Å². The molecule has 0 spiro atoms. The molecule has 0 saturated carbocycles. The number of nitrogens with zero attached hydrogens (tertiary/aromatic N) is 3. The molecule has 0 aliphatic carbocycles. The maximum atomic E-state index is 12.7. The second-order valence-corrected chi connectivity index (χ2v) is 7.17. The lowest BCUT2D eigenvalue weighted by Gasteiger charge is -2.23. The zero-order chi connectivity index (χ0) is 18.7. The molecule has 2 heterocycles. The van der Waals surface area contributed by atoms with Crippen LogP contribution in [0.15, 0.2) is 4.79 Å². The van der Waals surface area contributed by atoms with Crippen LogP contribution < -0.4 is 5.56 Å². The van der Waals surface area contributed by atoms with Gasteiger partial charge >= 0.3 is 0 Å². The minimum atomic E-state index is -0.355. The Labute approximate surface area is 149 Å². The smallest absolute Gasteiger partial charge is 0.266 e. The van der Waals surface area contributed by atoms with Crippen LogP contribution >= 0.6 is 0 Å². The molecule has 6 nitrogen and oxygen atoms in total. The van der Waals surface area contributed by atoms with Crippen LogP contribution in [0, 0.1) is 31.1 Å². The fourth-order valence-corrected chi connectivity index (χ4v) is 3.85. The summed E-state index contributed by atoms with van der Waals surface area (Å²) in [5.41, 5.74) is 2.13. The van der Waals surface area contributed by atoms with Crippen LogP contribution in [0.1, 0.15) is 42.1 Å². The van der Waals surface area contributed by atoms with Crippen molar-refractivity contribution in [2.75, 3.05) is 27.2 Å². The van der Waals surface area contributed by atoms with Gasteiger partial charge in [-0.2, -0.15) is 5.26 Å². The van der Waals surface area contributed by atoms with Gasteiger partial charge < -0.3 is 14.8 Å². The highest BCUT2D eigenvalue weighted by atomic mass is 16.2. The maximum absolute atomic E-state index is 12.7. The molecular weight excluding hydrogens is 316 g/mol. The number of likely N-dealkylation sites (N-methyl/N-ethyl adjacent to an activating group) is 1. The van der Waals surface area contributed by atoms with Gasteiger partial charge in [-0.1, -0.05) is 13.3 Å². The van der Waals surface area contributed by atoms with Crippen LogP contribution in [0.25, 0.3) is 0 Å². The van der Waals surface area contributed by atoms with E-state index in [-0.39, 0.29) is 17.0 Å². The van der Waals surface area contributed by atoms with E-state index >= 15 is 0 Å². The van der Waals surface area contributed by atoms with Gasteiger partial charge in [0.2, 0.25) is 5.91 Å². The van der Waals surface area contributed by atoms with E-state index in [4.69, 9.17) is 5.26 Å². The van der Waals surface area contributed by atoms with Crippen LogP contribution in [-0.2, 0) is 11.2 Å². The topological polar surface area (TPSA) is 80.2 Å². The van der Waals surface area contributed by atoms with Crippen molar-refractivity contribution >= 4 is 5.91 Å². The molecule has 1 aromatic rings. The molecule has 136 valence electrons. The van der Waals surface area contributed by atoms with E-state index in [1.807, 2.05) is 17.9 Å². The summed E-state index contributed by atoms with van der Waals surface area (Å²) < 4.78 is 0. The number of amides is 1. The lowest BCUT2D eigenvalue weighted by molar-refractivity contribution is -0.130. The quantitative estimate of drug-likeness (QED) is 0.880. The number of aromatic nitrogens is 1. The average molecular weight is 344 g/mol. The van der Waals surface area contributed by atoms with Gasteiger partial charge in [0.15, 0.2) is 0 Å². The molecule has 1 N–H and O–H groups in total. The Morgan fingerprint density at radius 3 is 2.56 bits per heavy atom. The number of hydrogen-bond acceptors (Lipinski definition) is 4. The summed E-state index contributed by atoms with van der Waals surface area (Å²) in [6, 6.07) is 2.37. The molecule has 1 amide bonds. The summed E-state index contributed by atoms with van der Waals surface area (Å²) in [7, 11) is 4.13. The Hall–Kier alpha value is -2.13. The second kappa shape index (κ2) is 7.83. The van der Waals surface area contributed by atoms with Crippen LogP contribution in [0.3, 0.4) is 0 Å². The Bertz CT molecular complexity index is 745. The molecule has 25 heavy (non-hydrogen) atoms. The van der Waals surface area contributed by atoms with Crippen molar-refractivity contribution < 1.29 is 4.79 Å². The van der Waals surface area contributed by atoms with Crippen LogP contribution in [0.5, 0.6) is 0 Å². The van der Waals surface area contributed by atoms with Gasteiger partial charge in [-0.25, -0.2) is 0 Å². The SMILES string of the molecule is CC[C@@H]1CN(C(=O)CCc2c(C)[nH]c(=O)c(C#N)c2C)C[C@H]1N(C)C. The summed E-state index contributed by atoms with van der Waals surface area (Å²) in [5.74, 6) is 0.659. The van der Waals surface area contributed by atoms with Gasteiger partial charge in [0.25, 0.3) is 5.56 Å². The maximum Gasteiger partial charge on any atom is 0.266 e. The third-order valence-corrected chi connectivity index (χ3v) is 5.46. The highest BCUT2D eigenvalue weighted by Crippen LogP contribution is 2.24.